The Labute approximate surface area is 200 Å². The van der Waals surface area contributed by atoms with Crippen LogP contribution in [0.4, 0.5) is 0 Å². The van der Waals surface area contributed by atoms with Gasteiger partial charge in [-0.25, -0.2) is 0 Å². The zero-order valence-electron chi connectivity index (χ0n) is 17.8. The molecule has 1 saturated heterocycles. The average Bonchev–Trinajstić information content (AvgIpc) is 3.08. The van der Waals surface area contributed by atoms with Crippen molar-refractivity contribution in [2.45, 2.75) is 13.0 Å². The minimum Gasteiger partial charge on any atom is -0.493 e. The molecule has 1 fully saturated rings. The lowest BCUT2D eigenvalue weighted by Crippen LogP contribution is -2.30. The summed E-state index contributed by atoms with van der Waals surface area (Å²) < 4.78 is 11.9. The van der Waals surface area contributed by atoms with E-state index in [1.54, 1.807) is 25.3 Å². The lowest BCUT2D eigenvalue weighted by Gasteiger charge is -2.13. The van der Waals surface area contributed by atoms with E-state index in [0.717, 1.165) is 33.7 Å². The molecule has 0 atom stereocenters. The number of carbonyl (C=O) groups excluding carboxylic acids is 1. The molecule has 3 aromatic rings. The van der Waals surface area contributed by atoms with Crippen molar-refractivity contribution >= 4 is 57.0 Å². The van der Waals surface area contributed by atoms with Crippen LogP contribution in [0.1, 0.15) is 17.5 Å². The van der Waals surface area contributed by atoms with Gasteiger partial charge < -0.3 is 14.6 Å². The molecule has 3 aromatic carbocycles. The number of ether oxygens (including phenoxy) is 2. The maximum absolute atomic E-state index is 12.6. The van der Waals surface area contributed by atoms with Gasteiger partial charge in [0.05, 0.1) is 18.4 Å². The Morgan fingerprint density at radius 1 is 1.12 bits per heavy atom. The summed E-state index contributed by atoms with van der Waals surface area (Å²) in [4.78, 5) is 25.2. The molecule has 0 radical (unpaired) electrons. The highest BCUT2D eigenvalue weighted by atomic mass is 32.2. The Balaban J connectivity index is 1.50. The first-order chi connectivity index (χ1) is 16.0. The van der Waals surface area contributed by atoms with Crippen molar-refractivity contribution in [2.75, 3.05) is 13.7 Å². The summed E-state index contributed by atoms with van der Waals surface area (Å²) in [5.74, 6) is -0.125. The molecule has 1 aliphatic heterocycles. The van der Waals surface area contributed by atoms with Gasteiger partial charge in [-0.3, -0.25) is 14.5 Å². The number of hydrogen-bond donors (Lipinski definition) is 1. The molecule has 8 heteroatoms. The van der Waals surface area contributed by atoms with Crippen LogP contribution >= 0.6 is 24.0 Å². The Hall–Kier alpha value is -3.36. The summed E-state index contributed by atoms with van der Waals surface area (Å²) >= 11 is 6.39. The highest BCUT2D eigenvalue weighted by Crippen LogP contribution is 2.35. The van der Waals surface area contributed by atoms with Crippen LogP contribution in [0, 0.1) is 0 Å². The standard InChI is InChI=1S/C25H21NO5S2/c1-30-21-13-16(14-22-24(29)26(25(32)33-22)12-11-23(27)28)9-10-20(21)31-15-18-7-4-6-17-5-2-3-8-19(17)18/h2-10,13-14H,11-12,15H2,1H3,(H,27,28)/b22-14+. The highest BCUT2D eigenvalue weighted by Gasteiger charge is 2.32. The molecule has 1 amide bonds. The smallest absolute Gasteiger partial charge is 0.305 e. The molecule has 0 aliphatic carbocycles. The average molecular weight is 480 g/mol. The first-order valence-corrected chi connectivity index (χ1v) is 11.4. The molecule has 33 heavy (non-hydrogen) atoms. The Bertz CT molecular complexity index is 1270. The quantitative estimate of drug-likeness (QED) is 0.356. The van der Waals surface area contributed by atoms with Gasteiger partial charge in [0.25, 0.3) is 5.91 Å². The number of thiocarbonyl (C=S) groups is 1. The van der Waals surface area contributed by atoms with E-state index in [-0.39, 0.29) is 18.9 Å². The van der Waals surface area contributed by atoms with Crippen molar-refractivity contribution in [3.63, 3.8) is 0 Å². The lowest BCUT2D eigenvalue weighted by molar-refractivity contribution is -0.137. The number of rotatable bonds is 8. The van der Waals surface area contributed by atoms with E-state index in [4.69, 9.17) is 26.8 Å². The van der Waals surface area contributed by atoms with Crippen molar-refractivity contribution < 1.29 is 24.2 Å². The molecule has 1 N–H and O–H groups in total. The van der Waals surface area contributed by atoms with Crippen LogP contribution in [0.25, 0.3) is 16.8 Å². The van der Waals surface area contributed by atoms with Gasteiger partial charge >= 0.3 is 5.97 Å². The van der Waals surface area contributed by atoms with E-state index in [1.165, 1.54) is 4.90 Å². The van der Waals surface area contributed by atoms with Crippen molar-refractivity contribution in [1.82, 2.24) is 4.90 Å². The fraction of sp³-hybridized carbons (Fsp3) is 0.160. The number of fused-ring (bicyclic) bond motifs is 1. The fourth-order valence-electron chi connectivity index (χ4n) is 3.52. The number of hydrogen-bond acceptors (Lipinski definition) is 6. The second-order valence-corrected chi connectivity index (χ2v) is 8.99. The molecular weight excluding hydrogens is 458 g/mol. The fourth-order valence-corrected chi connectivity index (χ4v) is 4.83. The van der Waals surface area contributed by atoms with E-state index in [2.05, 4.69) is 18.2 Å². The summed E-state index contributed by atoms with van der Waals surface area (Å²) in [5, 5.41) is 11.2. The highest BCUT2D eigenvalue weighted by molar-refractivity contribution is 8.26. The Morgan fingerprint density at radius 2 is 1.91 bits per heavy atom. The van der Waals surface area contributed by atoms with Gasteiger partial charge in [0.2, 0.25) is 0 Å². The van der Waals surface area contributed by atoms with Crippen LogP contribution in [0.3, 0.4) is 0 Å². The van der Waals surface area contributed by atoms with Gasteiger partial charge in [-0.15, -0.1) is 0 Å². The van der Waals surface area contributed by atoms with Crippen molar-refractivity contribution in [3.8, 4) is 11.5 Å². The maximum Gasteiger partial charge on any atom is 0.305 e. The van der Waals surface area contributed by atoms with E-state index in [0.29, 0.717) is 27.3 Å². The number of carboxylic acid groups (broad SMARTS) is 1. The first kappa shape index (κ1) is 22.8. The van der Waals surface area contributed by atoms with Gasteiger partial charge in [0.1, 0.15) is 10.9 Å². The molecule has 1 heterocycles. The van der Waals surface area contributed by atoms with Gasteiger partial charge in [0, 0.05) is 6.54 Å². The monoisotopic (exact) mass is 479 g/mol. The second-order valence-electron chi connectivity index (χ2n) is 7.31. The third-order valence-corrected chi connectivity index (χ3v) is 6.55. The molecule has 0 aromatic heterocycles. The number of thioether (sulfide) groups is 1. The molecular formula is C25H21NO5S2. The summed E-state index contributed by atoms with van der Waals surface area (Å²) in [6.07, 6.45) is 1.56. The van der Waals surface area contributed by atoms with Crippen LogP contribution in [0.5, 0.6) is 11.5 Å². The third kappa shape index (κ3) is 5.18. The molecule has 0 saturated carbocycles. The molecule has 4 rings (SSSR count). The van der Waals surface area contributed by atoms with Crippen molar-refractivity contribution in [1.29, 1.82) is 0 Å². The van der Waals surface area contributed by atoms with E-state index >= 15 is 0 Å². The third-order valence-electron chi connectivity index (χ3n) is 5.17. The molecule has 168 valence electrons. The van der Waals surface area contributed by atoms with E-state index in [1.807, 2.05) is 30.3 Å². The van der Waals surface area contributed by atoms with Crippen LogP contribution in [-0.4, -0.2) is 39.9 Å². The Kier molecular flexibility index (Phi) is 6.96. The summed E-state index contributed by atoms with van der Waals surface area (Å²) in [5.41, 5.74) is 1.83. The minimum absolute atomic E-state index is 0.0571. The first-order valence-electron chi connectivity index (χ1n) is 10.2. The van der Waals surface area contributed by atoms with Gasteiger partial charge in [0.15, 0.2) is 11.5 Å². The summed E-state index contributed by atoms with van der Waals surface area (Å²) in [7, 11) is 1.56. The zero-order valence-corrected chi connectivity index (χ0v) is 19.4. The van der Waals surface area contributed by atoms with Crippen LogP contribution in [0.2, 0.25) is 0 Å². The van der Waals surface area contributed by atoms with E-state index in [9.17, 15) is 9.59 Å². The molecule has 0 unspecified atom stereocenters. The van der Waals surface area contributed by atoms with Crippen molar-refractivity contribution in [3.05, 3.63) is 76.7 Å². The Morgan fingerprint density at radius 3 is 2.70 bits per heavy atom. The number of carbonyl (C=O) groups is 2. The molecule has 6 nitrogen and oxygen atoms in total. The molecule has 0 bridgehead atoms. The maximum atomic E-state index is 12.6. The second kappa shape index (κ2) is 10.1. The van der Waals surface area contributed by atoms with Crippen molar-refractivity contribution in [2.24, 2.45) is 0 Å². The number of amides is 1. The number of aliphatic carboxylic acids is 1. The number of benzene rings is 3. The van der Waals surface area contributed by atoms with Crippen LogP contribution in [-0.2, 0) is 16.2 Å². The lowest BCUT2D eigenvalue weighted by atomic mass is 10.1. The molecule has 1 aliphatic rings. The minimum atomic E-state index is -0.975. The molecule has 0 spiro atoms. The van der Waals surface area contributed by atoms with Gasteiger partial charge in [-0.1, -0.05) is 72.5 Å². The van der Waals surface area contributed by atoms with Crippen LogP contribution in [0.15, 0.2) is 65.6 Å². The summed E-state index contributed by atoms with van der Waals surface area (Å²) in [6.45, 7) is 0.445. The largest absolute Gasteiger partial charge is 0.493 e. The number of nitrogens with zero attached hydrogens (tertiary/aromatic N) is 1. The predicted octanol–water partition coefficient (Wildman–Crippen LogP) is 5.10. The normalized spacial score (nSPS) is 14.8. The number of methoxy groups -OCH3 is 1. The van der Waals surface area contributed by atoms with E-state index < -0.39 is 5.97 Å². The SMILES string of the molecule is COc1cc(/C=C2/SC(=S)N(CCC(=O)O)C2=O)ccc1OCc1cccc2ccccc12. The predicted molar refractivity (Wildman–Crippen MR) is 133 cm³/mol. The van der Waals surface area contributed by atoms with Gasteiger partial charge in [-0.2, -0.15) is 0 Å². The summed E-state index contributed by atoms with van der Waals surface area (Å²) in [6, 6.07) is 19.7. The zero-order chi connectivity index (χ0) is 23.4. The van der Waals surface area contributed by atoms with Crippen LogP contribution < -0.4 is 9.47 Å². The topological polar surface area (TPSA) is 76.1 Å². The number of carboxylic acids is 1. The van der Waals surface area contributed by atoms with Gasteiger partial charge in [-0.05, 0) is 40.1 Å².